The van der Waals surface area contributed by atoms with E-state index < -0.39 is 6.10 Å². The number of fused-ring (bicyclic) bond motifs is 1. The molecule has 2 aliphatic rings. The predicted octanol–water partition coefficient (Wildman–Crippen LogP) is 7.98. The lowest BCUT2D eigenvalue weighted by molar-refractivity contribution is -0.0000176. The first-order valence-electron chi connectivity index (χ1n) is 14.9. The van der Waals surface area contributed by atoms with Crippen LogP contribution in [0.4, 0.5) is 0 Å². The summed E-state index contributed by atoms with van der Waals surface area (Å²) in [5.74, 6) is 2.02. The predicted molar refractivity (Wildman–Crippen MR) is 165 cm³/mol. The van der Waals surface area contributed by atoms with Crippen LogP contribution in [-0.2, 0) is 22.7 Å². The molecule has 0 aromatic heterocycles. The van der Waals surface area contributed by atoms with Crippen molar-refractivity contribution in [3.05, 3.63) is 94.1 Å². The summed E-state index contributed by atoms with van der Waals surface area (Å²) in [6, 6.07) is 16.0. The SMILES string of the molecule is COc1ccc(COCC2=C3[C@H](O)/C=C(\C)CC/C=C(\C)CC[C@]2(C)[C@@H](C)C[C@@H]3OCc2ccc(OC)cc2)cc1. The van der Waals surface area contributed by atoms with E-state index in [-0.39, 0.29) is 11.5 Å². The van der Waals surface area contributed by atoms with Gasteiger partial charge in [-0.25, -0.2) is 0 Å². The molecular formula is C36H48O5. The van der Waals surface area contributed by atoms with Gasteiger partial charge in [0.1, 0.15) is 11.5 Å². The maximum absolute atomic E-state index is 11.8. The molecule has 0 heterocycles. The zero-order chi connectivity index (χ0) is 29.4. The Hall–Kier alpha value is -2.86. The zero-order valence-electron chi connectivity index (χ0n) is 25.7. The Labute approximate surface area is 246 Å². The minimum Gasteiger partial charge on any atom is -0.497 e. The lowest BCUT2D eigenvalue weighted by Crippen LogP contribution is -2.43. The second-order valence-electron chi connectivity index (χ2n) is 12.0. The van der Waals surface area contributed by atoms with Crippen molar-refractivity contribution in [3.8, 4) is 11.5 Å². The summed E-state index contributed by atoms with van der Waals surface area (Å²) in [4.78, 5) is 0. The van der Waals surface area contributed by atoms with Crippen molar-refractivity contribution < 1.29 is 24.1 Å². The average Bonchev–Trinajstić information content (AvgIpc) is 2.97. The number of hydrogen-bond acceptors (Lipinski definition) is 5. The number of ether oxygens (including phenoxy) is 4. The Morgan fingerprint density at radius 2 is 1.44 bits per heavy atom. The van der Waals surface area contributed by atoms with Crippen molar-refractivity contribution >= 4 is 0 Å². The summed E-state index contributed by atoms with van der Waals surface area (Å²) in [7, 11) is 3.35. The quantitative estimate of drug-likeness (QED) is 0.315. The Morgan fingerprint density at radius 1 is 0.829 bits per heavy atom. The van der Waals surface area contributed by atoms with E-state index >= 15 is 0 Å². The number of hydrogen-bond donors (Lipinski definition) is 1. The molecule has 41 heavy (non-hydrogen) atoms. The van der Waals surface area contributed by atoms with Gasteiger partial charge in [-0.2, -0.15) is 0 Å². The molecule has 1 N–H and O–H groups in total. The van der Waals surface area contributed by atoms with Gasteiger partial charge < -0.3 is 24.1 Å². The van der Waals surface area contributed by atoms with Gasteiger partial charge in [-0.3, -0.25) is 0 Å². The molecule has 0 saturated carbocycles. The van der Waals surface area contributed by atoms with Crippen molar-refractivity contribution in [3.63, 3.8) is 0 Å². The summed E-state index contributed by atoms with van der Waals surface area (Å²) < 4.78 is 23.7. The molecule has 0 fully saturated rings. The summed E-state index contributed by atoms with van der Waals surface area (Å²) in [6.45, 7) is 10.5. The molecule has 4 rings (SSSR count). The Balaban J connectivity index is 1.68. The lowest BCUT2D eigenvalue weighted by Gasteiger charge is -2.47. The fourth-order valence-electron chi connectivity index (χ4n) is 6.16. The first-order chi connectivity index (χ1) is 19.7. The number of aliphatic hydroxyl groups excluding tert-OH is 1. The first kappa shape index (κ1) is 31.1. The highest BCUT2D eigenvalue weighted by Gasteiger charge is 2.45. The normalized spacial score (nSPS) is 28.0. The van der Waals surface area contributed by atoms with E-state index in [9.17, 15) is 5.11 Å². The smallest absolute Gasteiger partial charge is 0.118 e. The van der Waals surface area contributed by atoms with Crippen LogP contribution in [0.1, 0.15) is 70.9 Å². The maximum Gasteiger partial charge on any atom is 0.118 e. The van der Waals surface area contributed by atoms with Gasteiger partial charge in [-0.05, 0) is 104 Å². The van der Waals surface area contributed by atoms with Crippen LogP contribution in [0.15, 0.2) is 83.0 Å². The molecule has 5 heteroatoms. The molecule has 0 spiro atoms. The molecule has 5 nitrogen and oxygen atoms in total. The molecule has 2 aliphatic carbocycles. The van der Waals surface area contributed by atoms with Gasteiger partial charge in [0.2, 0.25) is 0 Å². The number of methoxy groups -OCH3 is 2. The van der Waals surface area contributed by atoms with E-state index in [4.69, 9.17) is 18.9 Å². The van der Waals surface area contributed by atoms with Gasteiger partial charge in [0.25, 0.3) is 0 Å². The van der Waals surface area contributed by atoms with Crippen molar-refractivity contribution in [2.75, 3.05) is 20.8 Å². The highest BCUT2D eigenvalue weighted by Crippen LogP contribution is 2.50. The summed E-state index contributed by atoms with van der Waals surface area (Å²) >= 11 is 0. The standard InChI is InChI=1S/C36H48O5/c1-25-8-7-9-26(2)20-33(37)35-32(24-40-22-28-10-14-30(38-5)15-11-28)36(4,19-18-25)27(3)21-34(35)41-23-29-12-16-31(39-6)17-13-29/h8,10-17,20,27,33-34,37H,7,9,18-19,21-24H2,1-6H3/b25-8+,26-20+/t27-,33+,34-,36+/m0/s1. The third-order valence-corrected chi connectivity index (χ3v) is 9.16. The minimum atomic E-state index is -0.716. The third kappa shape index (κ3) is 7.91. The number of aliphatic hydroxyl groups is 1. The Morgan fingerprint density at radius 3 is 2.05 bits per heavy atom. The molecule has 2 aromatic rings. The fourth-order valence-corrected chi connectivity index (χ4v) is 6.16. The van der Waals surface area contributed by atoms with Crippen molar-refractivity contribution in [2.45, 2.75) is 85.2 Å². The molecule has 2 bridgehead atoms. The van der Waals surface area contributed by atoms with E-state index in [1.165, 1.54) is 16.7 Å². The number of allylic oxidation sites excluding steroid dienone is 3. The molecule has 0 amide bonds. The zero-order valence-corrected chi connectivity index (χ0v) is 25.7. The van der Waals surface area contributed by atoms with Crippen molar-refractivity contribution in [1.82, 2.24) is 0 Å². The minimum absolute atomic E-state index is 0.119. The second kappa shape index (κ2) is 14.4. The molecule has 0 aliphatic heterocycles. The first-order valence-corrected chi connectivity index (χ1v) is 14.9. The van der Waals surface area contributed by atoms with Crippen LogP contribution in [-0.4, -0.2) is 38.1 Å². The molecule has 222 valence electrons. The van der Waals surface area contributed by atoms with Crippen LogP contribution in [0.25, 0.3) is 0 Å². The topological polar surface area (TPSA) is 57.2 Å². The van der Waals surface area contributed by atoms with Crippen LogP contribution in [0.3, 0.4) is 0 Å². The van der Waals surface area contributed by atoms with Crippen molar-refractivity contribution in [1.29, 1.82) is 0 Å². The van der Waals surface area contributed by atoms with Crippen LogP contribution in [0, 0.1) is 11.3 Å². The molecule has 0 saturated heterocycles. The Kier molecular flexibility index (Phi) is 10.9. The summed E-state index contributed by atoms with van der Waals surface area (Å²) in [6.07, 6.45) is 8.34. The van der Waals surface area contributed by atoms with E-state index in [1.54, 1.807) is 14.2 Å². The van der Waals surface area contributed by atoms with E-state index in [1.807, 2.05) is 54.6 Å². The van der Waals surface area contributed by atoms with Gasteiger partial charge in [-0.15, -0.1) is 0 Å². The van der Waals surface area contributed by atoms with Gasteiger partial charge in [0.15, 0.2) is 0 Å². The number of rotatable bonds is 9. The molecule has 0 radical (unpaired) electrons. The molecular weight excluding hydrogens is 512 g/mol. The summed E-state index contributed by atoms with van der Waals surface area (Å²) in [5.41, 5.74) is 6.86. The van der Waals surface area contributed by atoms with Crippen LogP contribution in [0.2, 0.25) is 0 Å². The largest absolute Gasteiger partial charge is 0.497 e. The highest BCUT2D eigenvalue weighted by atomic mass is 16.5. The lowest BCUT2D eigenvalue weighted by atomic mass is 9.61. The fraction of sp³-hybridized carbons (Fsp3) is 0.500. The van der Waals surface area contributed by atoms with Gasteiger partial charge in [0.05, 0.1) is 46.2 Å². The monoisotopic (exact) mass is 560 g/mol. The average molecular weight is 561 g/mol. The van der Waals surface area contributed by atoms with Crippen LogP contribution in [0.5, 0.6) is 11.5 Å². The maximum atomic E-state index is 11.8. The van der Waals surface area contributed by atoms with Crippen LogP contribution < -0.4 is 9.47 Å². The van der Waals surface area contributed by atoms with Gasteiger partial charge in [-0.1, -0.05) is 61.4 Å². The third-order valence-electron chi connectivity index (χ3n) is 9.16. The molecule has 0 unspecified atom stereocenters. The van der Waals surface area contributed by atoms with E-state index in [2.05, 4.69) is 33.8 Å². The van der Waals surface area contributed by atoms with Gasteiger partial charge >= 0.3 is 0 Å². The van der Waals surface area contributed by atoms with Crippen LogP contribution >= 0.6 is 0 Å². The van der Waals surface area contributed by atoms with E-state index in [0.717, 1.165) is 60.3 Å². The van der Waals surface area contributed by atoms with E-state index in [0.29, 0.717) is 25.7 Å². The number of benzene rings is 2. The molecule has 2 aromatic carbocycles. The Bertz CT molecular complexity index is 1220. The molecule has 4 atom stereocenters. The van der Waals surface area contributed by atoms with Gasteiger partial charge in [0, 0.05) is 0 Å². The highest BCUT2D eigenvalue weighted by molar-refractivity contribution is 5.37. The van der Waals surface area contributed by atoms with Crippen molar-refractivity contribution in [2.24, 2.45) is 11.3 Å². The second-order valence-corrected chi connectivity index (χ2v) is 12.0. The summed E-state index contributed by atoms with van der Waals surface area (Å²) in [5, 5.41) is 11.8.